The minimum atomic E-state index is -0.168. The Morgan fingerprint density at radius 2 is 1.79 bits per heavy atom. The molecule has 14 heavy (non-hydrogen) atoms. The van der Waals surface area contributed by atoms with Crippen molar-refractivity contribution in [2.75, 3.05) is 6.61 Å². The number of allylic oxidation sites excluding steroid dienone is 2. The fourth-order valence-corrected chi connectivity index (χ4v) is 1.28. The summed E-state index contributed by atoms with van der Waals surface area (Å²) in [5, 5.41) is 0. The van der Waals surface area contributed by atoms with Gasteiger partial charge in [-0.25, -0.2) is 0 Å². The molecule has 0 aromatic carbocycles. The van der Waals surface area contributed by atoms with E-state index in [1.165, 1.54) is 39.0 Å². The van der Waals surface area contributed by atoms with Crippen LogP contribution in [-0.4, -0.2) is 12.6 Å². The van der Waals surface area contributed by atoms with Crippen molar-refractivity contribution in [3.8, 4) is 0 Å². The monoisotopic (exact) mass is 198 g/mol. The van der Waals surface area contributed by atoms with Crippen molar-refractivity contribution in [1.29, 1.82) is 0 Å². The second kappa shape index (κ2) is 10.3. The van der Waals surface area contributed by atoms with E-state index in [0.717, 1.165) is 6.42 Å². The minimum absolute atomic E-state index is 0.168. The Bertz CT molecular complexity index is 162. The number of hydrogen-bond donors (Lipinski definition) is 0. The van der Waals surface area contributed by atoms with Crippen molar-refractivity contribution < 1.29 is 9.53 Å². The van der Waals surface area contributed by atoms with Crippen LogP contribution in [0.4, 0.5) is 0 Å². The predicted molar refractivity (Wildman–Crippen MR) is 59.1 cm³/mol. The van der Waals surface area contributed by atoms with Crippen LogP contribution in [-0.2, 0) is 9.53 Å². The summed E-state index contributed by atoms with van der Waals surface area (Å²) in [5.41, 5.74) is 0. The second-order valence-electron chi connectivity index (χ2n) is 3.47. The zero-order chi connectivity index (χ0) is 10.6. The molecular weight excluding hydrogens is 176 g/mol. The summed E-state index contributed by atoms with van der Waals surface area (Å²) in [5.74, 6) is -0.168. The molecule has 0 saturated carbocycles. The Kier molecular flexibility index (Phi) is 9.71. The van der Waals surface area contributed by atoms with Crippen LogP contribution in [0.5, 0.6) is 0 Å². The van der Waals surface area contributed by atoms with Gasteiger partial charge in [-0.15, -0.1) is 0 Å². The topological polar surface area (TPSA) is 26.3 Å². The van der Waals surface area contributed by atoms with Crippen LogP contribution in [0, 0.1) is 0 Å². The highest BCUT2D eigenvalue weighted by molar-refractivity contribution is 5.65. The lowest BCUT2D eigenvalue weighted by Gasteiger charge is -2.01. The average Bonchev–Trinajstić information content (AvgIpc) is 2.15. The zero-order valence-electron chi connectivity index (χ0n) is 9.42. The Morgan fingerprint density at radius 3 is 2.43 bits per heavy atom. The highest BCUT2D eigenvalue weighted by atomic mass is 16.5. The van der Waals surface area contributed by atoms with Crippen molar-refractivity contribution in [3.63, 3.8) is 0 Å². The van der Waals surface area contributed by atoms with Crippen LogP contribution < -0.4 is 0 Å². The molecule has 82 valence electrons. The Hall–Kier alpha value is -0.790. The molecule has 0 atom stereocenters. The van der Waals surface area contributed by atoms with Gasteiger partial charge in [-0.3, -0.25) is 4.79 Å². The molecule has 0 aliphatic rings. The van der Waals surface area contributed by atoms with Crippen molar-refractivity contribution in [2.24, 2.45) is 0 Å². The summed E-state index contributed by atoms with van der Waals surface area (Å²) in [7, 11) is 0. The summed E-state index contributed by atoms with van der Waals surface area (Å²) in [6, 6.07) is 0. The maximum Gasteiger partial charge on any atom is 0.302 e. The molecule has 0 rings (SSSR count). The zero-order valence-corrected chi connectivity index (χ0v) is 9.42. The Balaban J connectivity index is 2.95. The minimum Gasteiger partial charge on any atom is -0.466 e. The lowest BCUT2D eigenvalue weighted by molar-refractivity contribution is -0.141. The third kappa shape index (κ3) is 11.2. The maximum absolute atomic E-state index is 10.4. The standard InChI is InChI=1S/C12H22O2/c1-3-4-5-6-7-8-9-10-11-14-12(2)13/h3-4H,5-11H2,1-2H3/b4-3-. The molecule has 0 bridgehead atoms. The molecular formula is C12H22O2. The third-order valence-corrected chi connectivity index (χ3v) is 2.06. The van der Waals surface area contributed by atoms with Crippen molar-refractivity contribution in [1.82, 2.24) is 0 Å². The molecule has 2 heteroatoms. The summed E-state index contributed by atoms with van der Waals surface area (Å²) in [4.78, 5) is 10.4. The van der Waals surface area contributed by atoms with E-state index < -0.39 is 0 Å². The molecule has 0 saturated heterocycles. The first-order valence-corrected chi connectivity index (χ1v) is 5.52. The number of carbonyl (C=O) groups excluding carboxylic acids is 1. The van der Waals surface area contributed by atoms with Gasteiger partial charge in [-0.05, 0) is 26.2 Å². The van der Waals surface area contributed by atoms with E-state index in [1.807, 2.05) is 0 Å². The number of unbranched alkanes of at least 4 members (excludes halogenated alkanes) is 5. The van der Waals surface area contributed by atoms with E-state index in [-0.39, 0.29) is 5.97 Å². The van der Waals surface area contributed by atoms with E-state index in [9.17, 15) is 4.79 Å². The molecule has 0 aliphatic heterocycles. The van der Waals surface area contributed by atoms with E-state index in [1.54, 1.807) is 0 Å². The molecule has 0 aromatic heterocycles. The molecule has 0 spiro atoms. The van der Waals surface area contributed by atoms with Crippen molar-refractivity contribution in [2.45, 2.75) is 52.4 Å². The molecule has 0 aromatic rings. The SMILES string of the molecule is C/C=C\CCCCCCCOC(C)=O. The van der Waals surface area contributed by atoms with Gasteiger partial charge in [-0.2, -0.15) is 0 Å². The fourth-order valence-electron chi connectivity index (χ4n) is 1.28. The number of esters is 1. The van der Waals surface area contributed by atoms with Gasteiger partial charge in [0.05, 0.1) is 6.61 Å². The van der Waals surface area contributed by atoms with E-state index in [2.05, 4.69) is 19.1 Å². The smallest absolute Gasteiger partial charge is 0.302 e. The van der Waals surface area contributed by atoms with Crippen LogP contribution >= 0.6 is 0 Å². The van der Waals surface area contributed by atoms with Crippen molar-refractivity contribution >= 4 is 5.97 Å². The second-order valence-corrected chi connectivity index (χ2v) is 3.47. The number of rotatable bonds is 8. The van der Waals surface area contributed by atoms with E-state index in [0.29, 0.717) is 6.61 Å². The molecule has 0 radical (unpaired) electrons. The molecule has 0 amide bonds. The largest absolute Gasteiger partial charge is 0.466 e. The van der Waals surface area contributed by atoms with Gasteiger partial charge in [0, 0.05) is 6.92 Å². The first kappa shape index (κ1) is 13.2. The normalized spacial score (nSPS) is 10.7. The van der Waals surface area contributed by atoms with Gasteiger partial charge < -0.3 is 4.74 Å². The van der Waals surface area contributed by atoms with E-state index in [4.69, 9.17) is 4.74 Å². The first-order valence-electron chi connectivity index (χ1n) is 5.52. The predicted octanol–water partition coefficient (Wildman–Crippen LogP) is 3.47. The van der Waals surface area contributed by atoms with Gasteiger partial charge in [0.25, 0.3) is 0 Å². The van der Waals surface area contributed by atoms with Crippen LogP contribution in [0.25, 0.3) is 0 Å². The molecule has 0 unspecified atom stereocenters. The van der Waals surface area contributed by atoms with E-state index >= 15 is 0 Å². The maximum atomic E-state index is 10.4. The molecule has 0 N–H and O–H groups in total. The highest BCUT2D eigenvalue weighted by Crippen LogP contribution is 2.05. The lowest BCUT2D eigenvalue weighted by atomic mass is 10.1. The van der Waals surface area contributed by atoms with Crippen molar-refractivity contribution in [3.05, 3.63) is 12.2 Å². The lowest BCUT2D eigenvalue weighted by Crippen LogP contribution is -1.99. The molecule has 0 heterocycles. The fraction of sp³-hybridized carbons (Fsp3) is 0.750. The molecule has 2 nitrogen and oxygen atoms in total. The number of ether oxygens (including phenoxy) is 1. The third-order valence-electron chi connectivity index (χ3n) is 2.06. The number of carbonyl (C=O) groups is 1. The average molecular weight is 198 g/mol. The van der Waals surface area contributed by atoms with Gasteiger partial charge in [-0.1, -0.05) is 31.4 Å². The summed E-state index contributed by atoms with van der Waals surface area (Å²) < 4.78 is 4.84. The number of hydrogen-bond acceptors (Lipinski definition) is 2. The van der Waals surface area contributed by atoms with Crippen LogP contribution in [0.2, 0.25) is 0 Å². The van der Waals surface area contributed by atoms with Gasteiger partial charge in [0.1, 0.15) is 0 Å². The van der Waals surface area contributed by atoms with Gasteiger partial charge in [0.15, 0.2) is 0 Å². The van der Waals surface area contributed by atoms with Crippen LogP contribution in [0.3, 0.4) is 0 Å². The van der Waals surface area contributed by atoms with Gasteiger partial charge in [0.2, 0.25) is 0 Å². The summed E-state index contributed by atoms with van der Waals surface area (Å²) in [6.45, 7) is 4.10. The first-order chi connectivity index (χ1) is 6.77. The van der Waals surface area contributed by atoms with Crippen LogP contribution in [0.1, 0.15) is 52.4 Å². The van der Waals surface area contributed by atoms with Gasteiger partial charge >= 0.3 is 5.97 Å². The Morgan fingerprint density at radius 1 is 1.14 bits per heavy atom. The quantitative estimate of drug-likeness (QED) is 0.339. The van der Waals surface area contributed by atoms with Crippen LogP contribution in [0.15, 0.2) is 12.2 Å². The highest BCUT2D eigenvalue weighted by Gasteiger charge is 1.93. The summed E-state index contributed by atoms with van der Waals surface area (Å²) in [6.07, 6.45) is 11.5. The summed E-state index contributed by atoms with van der Waals surface area (Å²) >= 11 is 0. The molecule has 0 fully saturated rings. The Labute approximate surface area is 87.3 Å². The molecule has 0 aliphatic carbocycles.